The molecule has 1 aliphatic carbocycles. The van der Waals surface area contributed by atoms with Gasteiger partial charge in [-0.15, -0.1) is 0 Å². The summed E-state index contributed by atoms with van der Waals surface area (Å²) < 4.78 is 0. The fraction of sp³-hybridized carbons (Fsp3) is 0.111. The zero-order chi connectivity index (χ0) is 6.81. The first-order valence-electron chi connectivity index (χ1n) is 3.46. The number of hydrogen-bond donors (Lipinski definition) is 1. The molecule has 2 rings (SSSR count). The molecule has 0 atom stereocenters. The Hall–Kier alpha value is -1.24. The molecule has 0 fully saturated rings. The topological polar surface area (TPSA) is 12.0 Å². The maximum atomic E-state index is 3.26. The SMILES string of the molecule is C1=CC=C2NCC=C2C=C1. The van der Waals surface area contributed by atoms with Crippen molar-refractivity contribution in [1.29, 1.82) is 0 Å². The van der Waals surface area contributed by atoms with Crippen LogP contribution < -0.4 is 5.32 Å². The van der Waals surface area contributed by atoms with Crippen molar-refractivity contribution in [1.82, 2.24) is 5.32 Å². The van der Waals surface area contributed by atoms with Crippen molar-refractivity contribution in [3.63, 3.8) is 0 Å². The second-order valence-electron chi connectivity index (χ2n) is 2.36. The van der Waals surface area contributed by atoms with Gasteiger partial charge in [0, 0.05) is 12.2 Å². The van der Waals surface area contributed by atoms with Crippen molar-refractivity contribution < 1.29 is 0 Å². The summed E-state index contributed by atoms with van der Waals surface area (Å²) in [6, 6.07) is 0. The Morgan fingerprint density at radius 3 is 3.20 bits per heavy atom. The Bertz CT molecular complexity index is 254. The quantitative estimate of drug-likeness (QED) is 0.525. The second kappa shape index (κ2) is 2.18. The zero-order valence-corrected chi connectivity index (χ0v) is 5.67. The second-order valence-corrected chi connectivity index (χ2v) is 2.36. The first-order valence-corrected chi connectivity index (χ1v) is 3.46. The van der Waals surface area contributed by atoms with E-state index in [1.165, 1.54) is 11.3 Å². The molecule has 10 heavy (non-hydrogen) atoms. The highest BCUT2D eigenvalue weighted by Crippen LogP contribution is 2.15. The highest BCUT2D eigenvalue weighted by Gasteiger charge is 2.06. The largest absolute Gasteiger partial charge is 0.381 e. The van der Waals surface area contributed by atoms with Crippen LogP contribution in [0, 0.1) is 0 Å². The Balaban J connectivity index is 2.42. The van der Waals surface area contributed by atoms with Gasteiger partial charge in [-0.2, -0.15) is 0 Å². The van der Waals surface area contributed by atoms with Gasteiger partial charge in [0.1, 0.15) is 0 Å². The molecular weight excluding hydrogens is 122 g/mol. The minimum atomic E-state index is 0.972. The third-order valence-corrected chi connectivity index (χ3v) is 1.69. The standard InChI is InChI=1S/C9H9N/c1-2-4-8-6-7-10-9(8)5-3-1/h1-6,10H,7H2. The lowest BCUT2D eigenvalue weighted by molar-refractivity contribution is 0.977. The number of fused-ring (bicyclic) bond motifs is 1. The molecule has 50 valence electrons. The summed E-state index contributed by atoms with van der Waals surface area (Å²) in [5.41, 5.74) is 2.55. The predicted molar refractivity (Wildman–Crippen MR) is 42.4 cm³/mol. The lowest BCUT2D eigenvalue weighted by atomic mass is 10.2. The van der Waals surface area contributed by atoms with Crippen LogP contribution in [0.2, 0.25) is 0 Å². The maximum Gasteiger partial charge on any atom is 0.0413 e. The predicted octanol–water partition coefficient (Wildman–Crippen LogP) is 1.53. The summed E-state index contributed by atoms with van der Waals surface area (Å²) in [4.78, 5) is 0. The van der Waals surface area contributed by atoms with Gasteiger partial charge in [0.05, 0.1) is 0 Å². The van der Waals surface area contributed by atoms with Crippen molar-refractivity contribution in [2.45, 2.75) is 0 Å². The van der Waals surface area contributed by atoms with Gasteiger partial charge < -0.3 is 5.32 Å². The molecule has 0 unspecified atom stereocenters. The molecule has 0 spiro atoms. The third-order valence-electron chi connectivity index (χ3n) is 1.69. The van der Waals surface area contributed by atoms with E-state index in [0.717, 1.165) is 6.54 Å². The van der Waals surface area contributed by atoms with E-state index in [1.54, 1.807) is 0 Å². The lowest BCUT2D eigenvalue weighted by Gasteiger charge is -1.97. The molecule has 1 nitrogen and oxygen atoms in total. The van der Waals surface area contributed by atoms with Crippen molar-refractivity contribution >= 4 is 0 Å². The Morgan fingerprint density at radius 2 is 2.20 bits per heavy atom. The fourth-order valence-electron chi connectivity index (χ4n) is 1.17. The van der Waals surface area contributed by atoms with Crippen LogP contribution in [0.15, 0.2) is 47.7 Å². The summed E-state index contributed by atoms with van der Waals surface area (Å²) in [6.45, 7) is 0.972. The first kappa shape index (κ1) is 5.54. The number of hydrogen-bond acceptors (Lipinski definition) is 1. The molecule has 1 aliphatic heterocycles. The molecule has 0 aromatic carbocycles. The maximum absolute atomic E-state index is 3.26. The summed E-state index contributed by atoms with van der Waals surface area (Å²) in [5, 5.41) is 3.26. The van der Waals surface area contributed by atoms with Gasteiger partial charge in [0.2, 0.25) is 0 Å². The lowest BCUT2D eigenvalue weighted by Crippen LogP contribution is -2.05. The van der Waals surface area contributed by atoms with E-state index in [1.807, 2.05) is 12.2 Å². The van der Waals surface area contributed by atoms with E-state index >= 15 is 0 Å². The van der Waals surface area contributed by atoms with Crippen LogP contribution in [0.5, 0.6) is 0 Å². The number of rotatable bonds is 0. The van der Waals surface area contributed by atoms with Crippen molar-refractivity contribution in [3.05, 3.63) is 47.7 Å². The van der Waals surface area contributed by atoms with Gasteiger partial charge in [-0.1, -0.05) is 30.4 Å². The van der Waals surface area contributed by atoms with Gasteiger partial charge in [-0.25, -0.2) is 0 Å². The van der Waals surface area contributed by atoms with Gasteiger partial charge in [-0.3, -0.25) is 0 Å². The summed E-state index contributed by atoms with van der Waals surface area (Å²) in [7, 11) is 0. The van der Waals surface area contributed by atoms with Crippen LogP contribution >= 0.6 is 0 Å². The molecule has 0 aromatic heterocycles. The molecule has 0 saturated carbocycles. The van der Waals surface area contributed by atoms with Crippen molar-refractivity contribution in [3.8, 4) is 0 Å². The highest BCUT2D eigenvalue weighted by atomic mass is 14.9. The van der Waals surface area contributed by atoms with Gasteiger partial charge in [0.15, 0.2) is 0 Å². The summed E-state index contributed by atoms with van der Waals surface area (Å²) in [5.74, 6) is 0. The minimum Gasteiger partial charge on any atom is -0.381 e. The molecular formula is C9H9N. The van der Waals surface area contributed by atoms with Crippen LogP contribution in [-0.4, -0.2) is 6.54 Å². The van der Waals surface area contributed by atoms with Crippen LogP contribution in [-0.2, 0) is 0 Å². The van der Waals surface area contributed by atoms with E-state index in [0.29, 0.717) is 0 Å². The minimum absolute atomic E-state index is 0.972. The molecule has 1 heteroatoms. The molecule has 0 saturated heterocycles. The monoisotopic (exact) mass is 131 g/mol. The average molecular weight is 131 g/mol. The van der Waals surface area contributed by atoms with E-state index in [-0.39, 0.29) is 0 Å². The molecule has 1 heterocycles. The van der Waals surface area contributed by atoms with E-state index < -0.39 is 0 Å². The normalized spacial score (nSPS) is 20.8. The molecule has 1 N–H and O–H groups in total. The molecule has 2 aliphatic rings. The molecule has 0 aromatic rings. The van der Waals surface area contributed by atoms with E-state index in [4.69, 9.17) is 0 Å². The van der Waals surface area contributed by atoms with Crippen molar-refractivity contribution in [2.24, 2.45) is 0 Å². The molecule has 0 amide bonds. The van der Waals surface area contributed by atoms with Crippen LogP contribution in [0.3, 0.4) is 0 Å². The highest BCUT2D eigenvalue weighted by molar-refractivity contribution is 5.47. The number of allylic oxidation sites excluding steroid dienone is 5. The van der Waals surface area contributed by atoms with Gasteiger partial charge >= 0.3 is 0 Å². The summed E-state index contributed by atoms with van der Waals surface area (Å²) >= 11 is 0. The van der Waals surface area contributed by atoms with Crippen LogP contribution in [0.4, 0.5) is 0 Å². The summed E-state index contributed by atoms with van der Waals surface area (Å²) in [6.07, 6.45) is 12.5. The van der Waals surface area contributed by atoms with Crippen molar-refractivity contribution in [2.75, 3.05) is 6.54 Å². The van der Waals surface area contributed by atoms with Crippen LogP contribution in [0.1, 0.15) is 0 Å². The fourth-order valence-corrected chi connectivity index (χ4v) is 1.17. The third kappa shape index (κ3) is 0.798. The molecule has 0 radical (unpaired) electrons. The average Bonchev–Trinajstić information content (AvgIpc) is 2.28. The van der Waals surface area contributed by atoms with Gasteiger partial charge in [0.25, 0.3) is 0 Å². The Labute approximate surface area is 60.4 Å². The van der Waals surface area contributed by atoms with E-state index in [9.17, 15) is 0 Å². The Kier molecular flexibility index (Phi) is 1.21. The van der Waals surface area contributed by atoms with Crippen LogP contribution in [0.25, 0.3) is 0 Å². The molecule has 0 bridgehead atoms. The first-order chi connectivity index (χ1) is 4.97. The number of nitrogens with one attached hydrogen (secondary N) is 1. The van der Waals surface area contributed by atoms with E-state index in [2.05, 4.69) is 29.6 Å². The smallest absolute Gasteiger partial charge is 0.0413 e. The Morgan fingerprint density at radius 1 is 1.20 bits per heavy atom. The zero-order valence-electron chi connectivity index (χ0n) is 5.67. The van der Waals surface area contributed by atoms with Gasteiger partial charge in [-0.05, 0) is 11.6 Å².